The van der Waals surface area contributed by atoms with Gasteiger partial charge < -0.3 is 4.90 Å². The van der Waals surface area contributed by atoms with Gasteiger partial charge in [-0.15, -0.1) is 11.3 Å². The van der Waals surface area contributed by atoms with Gasteiger partial charge in [-0.1, -0.05) is 47.5 Å². The summed E-state index contributed by atoms with van der Waals surface area (Å²) in [5, 5.41) is 3.14. The fraction of sp³-hybridized carbons (Fsp3) is 0.200. The van der Waals surface area contributed by atoms with Crippen LogP contribution in [0, 0.1) is 0 Å². The molecule has 2 amide bonds. The number of carbonyl (C=O) groups is 1. The van der Waals surface area contributed by atoms with E-state index in [-0.39, 0.29) is 6.03 Å². The van der Waals surface area contributed by atoms with Crippen LogP contribution >= 0.6 is 34.5 Å². The molecule has 27 heavy (non-hydrogen) atoms. The Morgan fingerprint density at radius 1 is 1.04 bits per heavy atom. The first kappa shape index (κ1) is 18.3. The van der Waals surface area contributed by atoms with E-state index in [1.54, 1.807) is 4.90 Å². The second kappa shape index (κ2) is 7.89. The smallest absolute Gasteiger partial charge is 0.323 e. The minimum Gasteiger partial charge on any atom is -0.323 e. The van der Waals surface area contributed by atoms with Gasteiger partial charge in [0.25, 0.3) is 0 Å². The normalized spacial score (nSPS) is 14.7. The highest BCUT2D eigenvalue weighted by Crippen LogP contribution is 2.31. The minimum absolute atomic E-state index is 0.187. The van der Waals surface area contributed by atoms with Crippen LogP contribution in [0.15, 0.2) is 59.0 Å². The average molecular weight is 418 g/mol. The molecular weight excluding hydrogens is 401 g/mol. The fourth-order valence-corrected chi connectivity index (χ4v) is 4.39. The van der Waals surface area contributed by atoms with Gasteiger partial charge in [-0.25, -0.2) is 4.79 Å². The lowest BCUT2D eigenvalue weighted by Gasteiger charge is -2.12. The molecule has 1 aromatic heterocycles. The molecule has 0 saturated carbocycles. The van der Waals surface area contributed by atoms with E-state index in [2.05, 4.69) is 4.99 Å². The molecule has 1 aliphatic rings. The number of aromatic nitrogens is 1. The molecule has 4 nitrogen and oxygen atoms in total. The molecule has 0 atom stereocenters. The molecule has 0 bridgehead atoms. The maximum Gasteiger partial charge on any atom is 0.346 e. The zero-order chi connectivity index (χ0) is 18.8. The van der Waals surface area contributed by atoms with Gasteiger partial charge in [-0.05, 0) is 36.6 Å². The topological polar surface area (TPSA) is 37.6 Å². The summed E-state index contributed by atoms with van der Waals surface area (Å²) in [6.45, 7) is 1.56. The summed E-state index contributed by atoms with van der Waals surface area (Å²) >= 11 is 14.3. The first-order valence-corrected chi connectivity index (χ1v) is 10.3. The van der Waals surface area contributed by atoms with Gasteiger partial charge in [0.2, 0.25) is 0 Å². The molecule has 1 fully saturated rings. The van der Waals surface area contributed by atoms with Crippen molar-refractivity contribution in [3.05, 3.63) is 68.9 Å². The Kier molecular flexibility index (Phi) is 5.34. The number of rotatable bonds is 2. The van der Waals surface area contributed by atoms with Crippen LogP contribution in [0.25, 0.3) is 16.8 Å². The zero-order valence-electron chi connectivity index (χ0n) is 14.4. The third-order valence-electron chi connectivity index (χ3n) is 4.55. The molecule has 2 heterocycles. The molecule has 3 aromatic rings. The van der Waals surface area contributed by atoms with E-state index < -0.39 is 0 Å². The number of likely N-dealkylation sites (tertiary alicyclic amines) is 1. The molecule has 138 valence electrons. The first-order valence-electron chi connectivity index (χ1n) is 8.68. The van der Waals surface area contributed by atoms with Crippen LogP contribution in [-0.4, -0.2) is 28.6 Å². The lowest BCUT2D eigenvalue weighted by molar-refractivity contribution is 0.218. The summed E-state index contributed by atoms with van der Waals surface area (Å²) < 4.78 is 1.84. The molecule has 1 saturated heterocycles. The summed E-state index contributed by atoms with van der Waals surface area (Å²) in [6.07, 6.45) is 3.96. The van der Waals surface area contributed by atoms with Crippen molar-refractivity contribution in [1.29, 1.82) is 0 Å². The van der Waals surface area contributed by atoms with Gasteiger partial charge in [0.15, 0.2) is 4.80 Å². The number of urea groups is 1. The predicted molar refractivity (Wildman–Crippen MR) is 111 cm³/mol. The van der Waals surface area contributed by atoms with Crippen LogP contribution in [0.2, 0.25) is 10.0 Å². The lowest BCUT2D eigenvalue weighted by Crippen LogP contribution is -2.27. The van der Waals surface area contributed by atoms with Gasteiger partial charge in [-0.2, -0.15) is 4.99 Å². The monoisotopic (exact) mass is 417 g/mol. The Hall–Kier alpha value is -2.08. The van der Waals surface area contributed by atoms with Crippen molar-refractivity contribution in [2.45, 2.75) is 12.8 Å². The van der Waals surface area contributed by atoms with Crippen molar-refractivity contribution in [2.24, 2.45) is 4.99 Å². The zero-order valence-corrected chi connectivity index (χ0v) is 16.8. The van der Waals surface area contributed by atoms with Gasteiger partial charge in [0.05, 0.1) is 10.7 Å². The fourth-order valence-electron chi connectivity index (χ4n) is 3.16. The van der Waals surface area contributed by atoms with Gasteiger partial charge in [0.1, 0.15) is 0 Å². The molecule has 0 radical (unpaired) electrons. The van der Waals surface area contributed by atoms with Crippen molar-refractivity contribution < 1.29 is 4.79 Å². The van der Waals surface area contributed by atoms with Crippen LogP contribution in [0.4, 0.5) is 4.79 Å². The highest BCUT2D eigenvalue weighted by atomic mass is 35.5. The van der Waals surface area contributed by atoms with E-state index in [9.17, 15) is 4.79 Å². The molecule has 4 rings (SSSR count). The standard InChI is InChI=1S/C20H17Cl2N3OS/c21-16-6-2-1-5-15(16)14-7-8-18(17(22)13-14)25-11-12-27-20(25)23-19(26)24-9-3-4-10-24/h1-2,5-8,11-13H,3-4,9-10H2. The van der Waals surface area contributed by atoms with Gasteiger partial charge >= 0.3 is 6.03 Å². The number of amides is 2. The molecule has 2 aromatic carbocycles. The van der Waals surface area contributed by atoms with Crippen LogP contribution < -0.4 is 4.80 Å². The number of thiazole rings is 1. The third kappa shape index (κ3) is 3.81. The van der Waals surface area contributed by atoms with E-state index in [0.717, 1.165) is 42.7 Å². The Morgan fingerprint density at radius 3 is 2.56 bits per heavy atom. The predicted octanol–water partition coefficient (Wildman–Crippen LogP) is 5.63. The molecule has 0 N–H and O–H groups in total. The second-order valence-electron chi connectivity index (χ2n) is 6.29. The largest absolute Gasteiger partial charge is 0.346 e. The molecule has 0 unspecified atom stereocenters. The van der Waals surface area contributed by atoms with Crippen molar-refractivity contribution in [1.82, 2.24) is 9.47 Å². The van der Waals surface area contributed by atoms with Crippen LogP contribution in [-0.2, 0) is 0 Å². The van der Waals surface area contributed by atoms with Crippen LogP contribution in [0.1, 0.15) is 12.8 Å². The molecule has 7 heteroatoms. The van der Waals surface area contributed by atoms with Crippen molar-refractivity contribution in [3.8, 4) is 16.8 Å². The maximum absolute atomic E-state index is 12.4. The SMILES string of the molecule is O=C(N=c1sccn1-c1ccc(-c2ccccc2Cl)cc1Cl)N1CCCC1. The quantitative estimate of drug-likeness (QED) is 0.532. The van der Waals surface area contributed by atoms with Gasteiger partial charge in [0, 0.05) is 35.3 Å². The van der Waals surface area contributed by atoms with Crippen LogP contribution in [0.3, 0.4) is 0 Å². The third-order valence-corrected chi connectivity index (χ3v) is 5.94. The van der Waals surface area contributed by atoms with E-state index in [4.69, 9.17) is 23.2 Å². The Labute approximate surface area is 171 Å². The van der Waals surface area contributed by atoms with E-state index in [1.165, 1.54) is 11.3 Å². The van der Waals surface area contributed by atoms with Crippen LogP contribution in [0.5, 0.6) is 0 Å². The Morgan fingerprint density at radius 2 is 1.81 bits per heavy atom. The van der Waals surface area contributed by atoms with Gasteiger partial charge in [-0.3, -0.25) is 4.57 Å². The molecular formula is C20H17Cl2N3OS. The average Bonchev–Trinajstić information content (AvgIpc) is 3.34. The maximum atomic E-state index is 12.4. The second-order valence-corrected chi connectivity index (χ2v) is 7.98. The molecule has 0 aliphatic carbocycles. The van der Waals surface area contributed by atoms with E-state index in [0.29, 0.717) is 14.8 Å². The van der Waals surface area contributed by atoms with E-state index >= 15 is 0 Å². The lowest BCUT2D eigenvalue weighted by atomic mass is 10.1. The van der Waals surface area contributed by atoms with Crippen molar-refractivity contribution in [2.75, 3.05) is 13.1 Å². The molecule has 0 spiro atoms. The Bertz CT molecular complexity index is 1050. The highest BCUT2D eigenvalue weighted by molar-refractivity contribution is 7.07. The summed E-state index contributed by atoms with van der Waals surface area (Å²) in [7, 11) is 0. The minimum atomic E-state index is -0.187. The summed E-state index contributed by atoms with van der Waals surface area (Å²) in [4.78, 5) is 19.1. The number of halogens is 2. The van der Waals surface area contributed by atoms with Crippen molar-refractivity contribution in [3.63, 3.8) is 0 Å². The summed E-state index contributed by atoms with van der Waals surface area (Å²) in [5.41, 5.74) is 2.65. The summed E-state index contributed by atoms with van der Waals surface area (Å²) in [6, 6.07) is 13.2. The van der Waals surface area contributed by atoms with E-state index in [1.807, 2.05) is 58.6 Å². The number of carbonyl (C=O) groups excluding carboxylic acids is 1. The number of benzene rings is 2. The Balaban J connectivity index is 1.70. The van der Waals surface area contributed by atoms with Crippen molar-refractivity contribution >= 4 is 40.6 Å². The first-order chi connectivity index (χ1) is 13.1. The number of nitrogens with zero attached hydrogens (tertiary/aromatic N) is 3. The molecule has 1 aliphatic heterocycles. The number of hydrogen-bond acceptors (Lipinski definition) is 2. The summed E-state index contributed by atoms with van der Waals surface area (Å²) in [5.74, 6) is 0. The highest BCUT2D eigenvalue weighted by Gasteiger charge is 2.17. The number of hydrogen-bond donors (Lipinski definition) is 0.